The van der Waals surface area contributed by atoms with Crippen molar-refractivity contribution in [1.82, 2.24) is 0 Å². The van der Waals surface area contributed by atoms with Gasteiger partial charge in [-0.05, 0) is 0 Å². The quantitative estimate of drug-likeness (QED) is 0.0948. The molecular formula is H30Mg2O23P4. The third-order valence-corrected chi connectivity index (χ3v) is 0. The minimum Gasteiger partial charge on any atom is -1.00 e. The summed E-state index contributed by atoms with van der Waals surface area (Å²) < 4.78 is 35.5. The van der Waals surface area contributed by atoms with Gasteiger partial charge in [-0.15, -0.1) is 0 Å². The van der Waals surface area contributed by atoms with Crippen LogP contribution in [0.2, 0.25) is 0 Å². The molecule has 0 atom stereocenters. The molecule has 0 radical (unpaired) electrons. The van der Waals surface area contributed by atoms with Crippen LogP contribution in [0, 0.1) is 0 Å². The molecule has 0 saturated carbocycles. The first kappa shape index (κ1) is 86.4. The van der Waals surface area contributed by atoms with Gasteiger partial charge in [0.1, 0.15) is 0 Å². The average molecular weight is 571 g/mol. The van der Waals surface area contributed by atoms with Crippen molar-refractivity contribution in [2.45, 2.75) is 0 Å². The summed E-state index contributed by atoms with van der Waals surface area (Å²) in [6.45, 7) is 0. The van der Waals surface area contributed by atoms with E-state index < -0.39 is 31.3 Å². The van der Waals surface area contributed by atoms with Crippen LogP contribution >= 0.6 is 31.3 Å². The van der Waals surface area contributed by atoms with Crippen LogP contribution in [0.3, 0.4) is 0 Å². The summed E-state index contributed by atoms with van der Waals surface area (Å²) in [5, 5.41) is 0. The fraction of sp³-hybridized carbons (Fsp3) is 0. The van der Waals surface area contributed by atoms with E-state index in [1.165, 1.54) is 0 Å². The van der Waals surface area contributed by atoms with Gasteiger partial charge in [0.05, 0.1) is 0 Å². The molecular weight excluding hydrogens is 540 g/mol. The zero-order valence-electron chi connectivity index (χ0n) is 17.7. The number of rotatable bonds is 0. The van der Waals surface area contributed by atoms with Crippen LogP contribution in [-0.2, 0) is 18.3 Å². The van der Waals surface area contributed by atoms with Crippen LogP contribution < -0.4 is 0 Å². The second-order valence-electron chi connectivity index (χ2n) is 2.05. The SMILES string of the molecule is O.O.O.O.O.O.O.O=P(O)(O)O.O=P(O)(O)O.O=P(O)(O)O.O=P(O)(O)O.[H-].[H-].[H-].[H-].[Mg+2].[Mg+2]. The van der Waals surface area contributed by atoms with E-state index in [0.29, 0.717) is 0 Å². The number of hydrogen-bond acceptors (Lipinski definition) is 4. The summed E-state index contributed by atoms with van der Waals surface area (Å²) in [6, 6.07) is 0. The predicted octanol–water partition coefficient (Wildman–Crippen LogP) is -9.80. The molecule has 23 nitrogen and oxygen atoms in total. The molecule has 0 amide bonds. The zero-order valence-corrected chi connectivity index (χ0v) is 20.1. The molecule has 0 aromatic rings. The van der Waals surface area contributed by atoms with E-state index in [2.05, 4.69) is 0 Å². The van der Waals surface area contributed by atoms with Crippen molar-refractivity contribution in [3.63, 3.8) is 0 Å². The molecule has 0 aromatic carbocycles. The number of phosphoric acid groups is 4. The minimum atomic E-state index is -4.64. The predicted molar refractivity (Wildman–Crippen MR) is 98.3 cm³/mol. The summed E-state index contributed by atoms with van der Waals surface area (Å²) in [6.07, 6.45) is 0. The van der Waals surface area contributed by atoms with Gasteiger partial charge in [-0.25, -0.2) is 18.3 Å². The van der Waals surface area contributed by atoms with Crippen LogP contribution in [0.5, 0.6) is 0 Å². The van der Waals surface area contributed by atoms with Crippen molar-refractivity contribution < 1.29 is 121 Å². The molecule has 0 aliphatic heterocycles. The van der Waals surface area contributed by atoms with Crippen molar-refractivity contribution in [2.24, 2.45) is 0 Å². The molecule has 0 fully saturated rings. The van der Waals surface area contributed by atoms with Crippen molar-refractivity contribution in [3.05, 3.63) is 0 Å². The Kier molecular flexibility index (Phi) is 110. The van der Waals surface area contributed by atoms with E-state index in [9.17, 15) is 0 Å². The fourth-order valence-electron chi connectivity index (χ4n) is 0. The Morgan fingerprint density at radius 1 is 0.310 bits per heavy atom. The molecule has 29 heavy (non-hydrogen) atoms. The van der Waals surface area contributed by atoms with Crippen LogP contribution in [0.15, 0.2) is 0 Å². The molecule has 0 aliphatic rings. The van der Waals surface area contributed by atoms with Crippen molar-refractivity contribution in [3.8, 4) is 0 Å². The summed E-state index contributed by atoms with van der Waals surface area (Å²) in [5.41, 5.74) is 0. The van der Waals surface area contributed by atoms with E-state index in [-0.39, 0.29) is 90.1 Å². The zero-order chi connectivity index (χ0) is 18.0. The first-order chi connectivity index (χ1) is 8.00. The van der Waals surface area contributed by atoms with Crippen molar-refractivity contribution >= 4 is 77.4 Å². The van der Waals surface area contributed by atoms with Gasteiger partial charge in [0.15, 0.2) is 0 Å². The maximum Gasteiger partial charge on any atom is 2.00 e. The molecule has 0 bridgehead atoms. The molecule has 0 aliphatic carbocycles. The molecule has 26 N–H and O–H groups in total. The molecule has 0 unspecified atom stereocenters. The van der Waals surface area contributed by atoms with E-state index in [4.69, 9.17) is 77.0 Å². The second kappa shape index (κ2) is 37.0. The molecule has 0 spiro atoms. The second-order valence-corrected chi connectivity index (χ2v) is 6.16. The molecule has 192 valence electrons. The van der Waals surface area contributed by atoms with Crippen LogP contribution in [0.25, 0.3) is 0 Å². The molecule has 0 aromatic heterocycles. The van der Waals surface area contributed by atoms with Gasteiger partial charge in [0, 0.05) is 0 Å². The molecule has 0 heterocycles. The van der Waals surface area contributed by atoms with Gasteiger partial charge in [-0.2, -0.15) is 0 Å². The Balaban J connectivity index is -0.00000000610. The Labute approximate surface area is 198 Å². The maximum absolute atomic E-state index is 8.88. The van der Waals surface area contributed by atoms with Gasteiger partial charge in [0.25, 0.3) is 0 Å². The Bertz CT molecular complexity index is 309. The third kappa shape index (κ3) is 7950. The maximum atomic E-state index is 8.88. The summed E-state index contributed by atoms with van der Waals surface area (Å²) in [4.78, 5) is 86.2. The van der Waals surface area contributed by atoms with Gasteiger partial charge in [-0.3, -0.25) is 0 Å². The Morgan fingerprint density at radius 2 is 0.310 bits per heavy atom. The fourth-order valence-corrected chi connectivity index (χ4v) is 0. The monoisotopic (exact) mass is 570 g/mol. The van der Waals surface area contributed by atoms with Crippen LogP contribution in [-0.4, -0.2) is 143 Å². The van der Waals surface area contributed by atoms with E-state index in [1.54, 1.807) is 0 Å². The summed E-state index contributed by atoms with van der Waals surface area (Å²) in [5.74, 6) is 0. The Morgan fingerprint density at radius 3 is 0.310 bits per heavy atom. The van der Waals surface area contributed by atoms with E-state index in [0.717, 1.165) is 0 Å². The Hall–Kier alpha value is 1.69. The van der Waals surface area contributed by atoms with Crippen molar-refractivity contribution in [1.29, 1.82) is 0 Å². The number of hydrogen-bond donors (Lipinski definition) is 12. The van der Waals surface area contributed by atoms with E-state index in [1.807, 2.05) is 0 Å². The standard InChI is InChI=1S/2Mg.4H3O4P.7H2O.4H/c;;4*1-5(2,3)4;;;;;;;;;;;/h;;4*(H3,1,2,3,4);7*1H2;;;;/q2*+2;;;;;;;;;;;;4*-1. The summed E-state index contributed by atoms with van der Waals surface area (Å²) in [7, 11) is -18.6. The van der Waals surface area contributed by atoms with Crippen molar-refractivity contribution in [2.75, 3.05) is 0 Å². The van der Waals surface area contributed by atoms with Crippen LogP contribution in [0.1, 0.15) is 5.71 Å². The first-order valence-corrected chi connectivity index (χ1v) is 9.39. The van der Waals surface area contributed by atoms with Crippen LogP contribution in [0.4, 0.5) is 0 Å². The minimum absolute atomic E-state index is 0. The molecule has 29 heteroatoms. The van der Waals surface area contributed by atoms with Gasteiger partial charge < -0.3 is 103 Å². The molecule has 0 rings (SSSR count). The normalized spacial score (nSPS) is 8.14. The third-order valence-electron chi connectivity index (χ3n) is 0. The average Bonchev–Trinajstić information content (AvgIpc) is 1.62. The smallest absolute Gasteiger partial charge is 1.00 e. The van der Waals surface area contributed by atoms with Gasteiger partial charge >= 0.3 is 77.4 Å². The molecule has 0 saturated heterocycles. The largest absolute Gasteiger partial charge is 2.00 e. The van der Waals surface area contributed by atoms with Gasteiger partial charge in [0.2, 0.25) is 0 Å². The topological polar surface area (TPSA) is 532 Å². The van der Waals surface area contributed by atoms with Gasteiger partial charge in [-0.1, -0.05) is 0 Å². The summed E-state index contributed by atoms with van der Waals surface area (Å²) >= 11 is 0. The first-order valence-electron chi connectivity index (χ1n) is 3.13. The van der Waals surface area contributed by atoms with E-state index >= 15 is 0 Å².